The summed E-state index contributed by atoms with van der Waals surface area (Å²) in [5, 5.41) is 5.00. The summed E-state index contributed by atoms with van der Waals surface area (Å²) in [4.78, 5) is 39.2. The summed E-state index contributed by atoms with van der Waals surface area (Å²) in [6, 6.07) is 11.4. The number of benzene rings is 2. The lowest BCUT2D eigenvalue weighted by atomic mass is 10.1. The number of alkyl halides is 3. The highest BCUT2D eigenvalue weighted by Crippen LogP contribution is 2.24. The van der Waals surface area contributed by atoms with Crippen molar-refractivity contribution in [1.82, 2.24) is 10.2 Å². The zero-order valence-electron chi connectivity index (χ0n) is 19.4. The first-order chi connectivity index (χ1) is 17.6. The van der Waals surface area contributed by atoms with E-state index in [0.29, 0.717) is 11.4 Å². The number of carbonyl (C=O) groups excluding carboxylic acids is 2. The molecule has 2 N–H and O–H groups in total. The zero-order valence-corrected chi connectivity index (χ0v) is 19.4. The number of aromatic amines is 1. The average molecular weight is 523 g/mol. The molecule has 1 saturated heterocycles. The molecule has 0 bridgehead atoms. The van der Waals surface area contributed by atoms with E-state index in [0.717, 1.165) is 12.1 Å². The minimum absolute atomic E-state index is 0.0984. The van der Waals surface area contributed by atoms with Gasteiger partial charge in [-0.05, 0) is 46.4 Å². The SMILES string of the molecule is COc1ccc(-[n+]2[nH]oc(=O)c2CN2CCOC(CC(=O)Nc3ccc(OC(F)(F)F)cc3)C2=O)cc1. The standard InChI is InChI=1S/C23H21F3N4O7/c1-34-16-8-4-15(5-9-16)30-18(22(33)37-28-30)13-29-10-11-35-19(21(29)32)12-20(31)27-14-2-6-17(7-3-14)36-23(24,25)26/h2-9,19H,10-13H2,1H3,(H-,27,28,31,33)/p+1. The Morgan fingerprint density at radius 3 is 2.46 bits per heavy atom. The number of nitrogens with one attached hydrogen (secondary N) is 2. The van der Waals surface area contributed by atoms with E-state index in [1.54, 1.807) is 24.3 Å². The molecule has 196 valence electrons. The van der Waals surface area contributed by atoms with Crippen LogP contribution in [-0.2, 0) is 20.9 Å². The molecule has 1 fully saturated rings. The van der Waals surface area contributed by atoms with Crippen LogP contribution in [0, 0.1) is 0 Å². The van der Waals surface area contributed by atoms with Gasteiger partial charge in [0, 0.05) is 24.4 Å². The smallest absolute Gasteiger partial charge is 0.497 e. The van der Waals surface area contributed by atoms with E-state index in [1.807, 2.05) is 0 Å². The molecule has 3 aromatic rings. The summed E-state index contributed by atoms with van der Waals surface area (Å²) in [6.45, 7) is 0.217. The molecule has 1 aromatic heterocycles. The van der Waals surface area contributed by atoms with E-state index < -0.39 is 35.7 Å². The van der Waals surface area contributed by atoms with Gasteiger partial charge in [0.1, 0.15) is 24.1 Å². The Labute approximate surface area is 207 Å². The average Bonchev–Trinajstić information content (AvgIpc) is 3.22. The molecule has 37 heavy (non-hydrogen) atoms. The maximum Gasteiger partial charge on any atom is 0.573 e. The second kappa shape index (κ2) is 10.7. The first-order valence-electron chi connectivity index (χ1n) is 11.0. The monoisotopic (exact) mass is 523 g/mol. The van der Waals surface area contributed by atoms with Crippen LogP contribution in [0.5, 0.6) is 11.5 Å². The fraction of sp³-hybridized carbons (Fsp3) is 0.304. The third-order valence-electron chi connectivity index (χ3n) is 5.42. The number of hydrogen-bond acceptors (Lipinski definition) is 7. The highest BCUT2D eigenvalue weighted by molar-refractivity contribution is 5.95. The van der Waals surface area contributed by atoms with E-state index >= 15 is 0 Å². The molecule has 2 aromatic carbocycles. The maximum atomic E-state index is 13.0. The quantitative estimate of drug-likeness (QED) is 0.432. The molecule has 11 nitrogen and oxygen atoms in total. The summed E-state index contributed by atoms with van der Waals surface area (Å²) < 4.78 is 57.6. The molecule has 0 saturated carbocycles. The minimum Gasteiger partial charge on any atom is -0.497 e. The van der Waals surface area contributed by atoms with Gasteiger partial charge in [-0.2, -0.15) is 0 Å². The van der Waals surface area contributed by atoms with Crippen LogP contribution in [0.4, 0.5) is 18.9 Å². The van der Waals surface area contributed by atoms with Crippen LogP contribution < -0.4 is 25.1 Å². The number of nitrogens with zero attached hydrogens (tertiary/aromatic N) is 2. The lowest BCUT2D eigenvalue weighted by molar-refractivity contribution is -0.678. The van der Waals surface area contributed by atoms with Crippen molar-refractivity contribution in [2.24, 2.45) is 0 Å². The van der Waals surface area contributed by atoms with Crippen molar-refractivity contribution in [2.75, 3.05) is 25.6 Å². The molecule has 14 heteroatoms. The van der Waals surface area contributed by atoms with Crippen molar-refractivity contribution < 1.29 is 46.2 Å². The Kier molecular flexibility index (Phi) is 7.47. The third-order valence-corrected chi connectivity index (χ3v) is 5.42. The van der Waals surface area contributed by atoms with Crippen LogP contribution in [0.1, 0.15) is 12.1 Å². The molecule has 0 spiro atoms. The van der Waals surface area contributed by atoms with Crippen LogP contribution >= 0.6 is 0 Å². The molecule has 4 rings (SSSR count). The van der Waals surface area contributed by atoms with E-state index in [9.17, 15) is 27.6 Å². The van der Waals surface area contributed by atoms with Gasteiger partial charge in [-0.1, -0.05) is 0 Å². The normalized spacial score (nSPS) is 15.9. The van der Waals surface area contributed by atoms with Gasteiger partial charge in [0.25, 0.3) is 5.91 Å². The van der Waals surface area contributed by atoms with Crippen LogP contribution in [0.15, 0.2) is 57.8 Å². The van der Waals surface area contributed by atoms with Crippen molar-refractivity contribution in [3.05, 3.63) is 64.6 Å². The predicted octanol–water partition coefficient (Wildman–Crippen LogP) is 1.91. The van der Waals surface area contributed by atoms with E-state index in [1.165, 1.54) is 28.8 Å². The number of morpholine rings is 1. The summed E-state index contributed by atoms with van der Waals surface area (Å²) in [5.41, 5.74) is 0.280. The minimum atomic E-state index is -4.83. The van der Waals surface area contributed by atoms with Gasteiger partial charge < -0.3 is 24.4 Å². The molecular formula is C23H22F3N4O7+. The Morgan fingerprint density at radius 1 is 1.14 bits per heavy atom. The Bertz CT molecular complexity index is 1300. The highest BCUT2D eigenvalue weighted by atomic mass is 19.4. The van der Waals surface area contributed by atoms with Crippen LogP contribution in [0.25, 0.3) is 5.69 Å². The topological polar surface area (TPSA) is 127 Å². The largest absolute Gasteiger partial charge is 0.573 e. The number of rotatable bonds is 8. The van der Waals surface area contributed by atoms with E-state index in [-0.39, 0.29) is 37.5 Å². The van der Waals surface area contributed by atoms with E-state index in [2.05, 4.69) is 15.3 Å². The first kappa shape index (κ1) is 25.8. The van der Waals surface area contributed by atoms with Crippen molar-refractivity contribution in [3.8, 4) is 17.2 Å². The van der Waals surface area contributed by atoms with Gasteiger partial charge in [-0.3, -0.25) is 14.1 Å². The number of carbonyl (C=O) groups is 2. The van der Waals surface area contributed by atoms with Crippen molar-refractivity contribution in [3.63, 3.8) is 0 Å². The number of methoxy groups -OCH3 is 1. The van der Waals surface area contributed by atoms with Crippen LogP contribution in [0.2, 0.25) is 0 Å². The highest BCUT2D eigenvalue weighted by Gasteiger charge is 2.35. The number of hydrogen-bond donors (Lipinski definition) is 2. The molecule has 0 aliphatic carbocycles. The van der Waals surface area contributed by atoms with Crippen molar-refractivity contribution in [2.45, 2.75) is 25.4 Å². The van der Waals surface area contributed by atoms with Crippen LogP contribution in [0.3, 0.4) is 0 Å². The molecule has 1 aliphatic heterocycles. The lowest BCUT2D eigenvalue weighted by Gasteiger charge is -2.30. The van der Waals surface area contributed by atoms with Crippen molar-refractivity contribution >= 4 is 17.5 Å². The Balaban J connectivity index is 1.39. The van der Waals surface area contributed by atoms with Gasteiger partial charge in [-0.15, -0.1) is 13.2 Å². The summed E-state index contributed by atoms with van der Waals surface area (Å²) >= 11 is 0. The molecule has 2 heterocycles. The molecule has 2 amide bonds. The van der Waals surface area contributed by atoms with Gasteiger partial charge >= 0.3 is 17.7 Å². The predicted molar refractivity (Wildman–Crippen MR) is 119 cm³/mol. The Morgan fingerprint density at radius 2 is 1.81 bits per heavy atom. The lowest BCUT2D eigenvalue weighted by Crippen LogP contribution is -2.51. The number of aromatic nitrogens is 2. The third kappa shape index (κ3) is 6.46. The number of halogens is 3. The number of anilines is 1. The molecule has 0 radical (unpaired) electrons. The van der Waals surface area contributed by atoms with Gasteiger partial charge in [-0.25, -0.2) is 4.79 Å². The van der Waals surface area contributed by atoms with Gasteiger partial charge in [0.15, 0.2) is 0 Å². The fourth-order valence-corrected chi connectivity index (χ4v) is 3.66. The molecule has 1 atom stereocenters. The van der Waals surface area contributed by atoms with Crippen LogP contribution in [-0.4, -0.2) is 54.7 Å². The number of ether oxygens (including phenoxy) is 3. The van der Waals surface area contributed by atoms with Gasteiger partial charge in [0.05, 0.1) is 20.1 Å². The molecule has 1 aliphatic rings. The number of H-pyrrole nitrogens is 1. The number of amides is 2. The molecular weight excluding hydrogens is 501 g/mol. The summed E-state index contributed by atoms with van der Waals surface area (Å²) in [6.07, 6.45) is -6.27. The maximum absolute atomic E-state index is 13.0. The second-order valence-electron chi connectivity index (χ2n) is 7.90. The Hall–Kier alpha value is -4.33. The van der Waals surface area contributed by atoms with Gasteiger partial charge in [0.2, 0.25) is 11.6 Å². The summed E-state index contributed by atoms with van der Waals surface area (Å²) in [5.74, 6) is -0.906. The summed E-state index contributed by atoms with van der Waals surface area (Å²) in [7, 11) is 1.53. The fourth-order valence-electron chi connectivity index (χ4n) is 3.66. The zero-order chi connectivity index (χ0) is 26.6. The molecule has 1 unspecified atom stereocenters. The first-order valence-corrected chi connectivity index (χ1v) is 11.0. The van der Waals surface area contributed by atoms with Crippen molar-refractivity contribution in [1.29, 1.82) is 0 Å². The second-order valence-corrected chi connectivity index (χ2v) is 7.90. The van der Waals surface area contributed by atoms with E-state index in [4.69, 9.17) is 14.0 Å².